The third-order valence-corrected chi connectivity index (χ3v) is 16.6. The molecule has 4 aliphatic heterocycles. The van der Waals surface area contributed by atoms with Crippen molar-refractivity contribution in [1.82, 2.24) is 29.5 Å². The summed E-state index contributed by atoms with van der Waals surface area (Å²) in [6, 6.07) is 10.5. The van der Waals surface area contributed by atoms with Gasteiger partial charge in [-0.05, 0) is 87.4 Å². The Morgan fingerprint density at radius 2 is 1.71 bits per heavy atom. The summed E-state index contributed by atoms with van der Waals surface area (Å²) in [5.41, 5.74) is -1.46. The maximum absolute atomic E-state index is 15.8. The average molecular weight is 1010 g/mol. The zero-order valence-electron chi connectivity index (χ0n) is 40.5. The van der Waals surface area contributed by atoms with Gasteiger partial charge in [0.2, 0.25) is 21.8 Å². The molecule has 5 fully saturated rings. The Balaban J connectivity index is 0.00000316. The quantitative estimate of drug-likeness (QED) is 0.135. The van der Waals surface area contributed by atoms with Crippen molar-refractivity contribution in [1.29, 1.82) is 5.26 Å². The monoisotopic (exact) mass is 1010 g/mol. The van der Waals surface area contributed by atoms with E-state index in [0.717, 1.165) is 25.3 Å². The number of aryl methyl sites for hydroxylation is 1. The SMILES string of the molecule is CC.Cn1nc(N2CCC(=O)NC2=O)c2cc(F)c(N3CCC(O)(CC(=O)N4CCC5(CC4)C[C@@H](n4cnc6ccc(Oc7c(F)ccc(NS(=O)(=O)C8CCCCC8)c7C#N)cc6c4=O)CO5)CC3)cc21. The first-order chi connectivity index (χ1) is 34.5. The Morgan fingerprint density at radius 3 is 2.42 bits per heavy atom. The van der Waals surface area contributed by atoms with Crippen LogP contribution in [0, 0.1) is 23.0 Å². The van der Waals surface area contributed by atoms with E-state index < -0.39 is 49.9 Å². The number of likely N-dealkylation sites (tertiary alicyclic amines) is 1. The second-order valence-electron chi connectivity index (χ2n) is 19.2. The van der Waals surface area contributed by atoms with Gasteiger partial charge in [-0.2, -0.15) is 10.4 Å². The summed E-state index contributed by atoms with van der Waals surface area (Å²) in [5.74, 6) is -2.19. The maximum Gasteiger partial charge on any atom is 0.329 e. The number of anilines is 3. The minimum atomic E-state index is -3.86. The van der Waals surface area contributed by atoms with Gasteiger partial charge in [0.05, 0.1) is 69.6 Å². The molecule has 6 heterocycles. The van der Waals surface area contributed by atoms with Gasteiger partial charge in [-0.25, -0.2) is 27.0 Å². The number of piperidine rings is 2. The van der Waals surface area contributed by atoms with Gasteiger partial charge in [0.15, 0.2) is 17.4 Å². The number of nitrogens with one attached hydrogen (secondary N) is 2. The van der Waals surface area contributed by atoms with Crippen LogP contribution >= 0.6 is 0 Å². The van der Waals surface area contributed by atoms with E-state index in [1.807, 2.05) is 24.8 Å². The molecule has 4 amide bonds. The lowest BCUT2D eigenvalue weighted by Crippen LogP contribution is -2.51. The second kappa shape index (κ2) is 20.1. The molecule has 2 aromatic heterocycles. The van der Waals surface area contributed by atoms with Crippen molar-refractivity contribution in [3.63, 3.8) is 0 Å². The molecule has 72 heavy (non-hydrogen) atoms. The molecular weight excluding hydrogens is 955 g/mol. The standard InChI is InChI=1S/C48H52F2N10O9S.C2H6/c1-56-39-23-40(36(50)22-33(39)44(54-56)59-16-11-41(61)53-46(59)64)57-17-12-47(65,13-18-57)25-42(62)58-19-14-48(15-20-58)24-29(27-68-48)60-28-52-37-9-7-30(21-32(37)45(60)63)69-43-34(26-51)38(10-8-35(43)49)55-70(66,67)31-5-3-2-4-6-31;1-2/h7-10,21-23,28-29,31,55,65H,2-6,11-20,24-25,27H2,1H3,(H,53,61,64);1-2H3/t29-;/m1./s1. The van der Waals surface area contributed by atoms with Crippen LogP contribution in [-0.4, -0.2) is 111 Å². The topological polar surface area (TPSA) is 234 Å². The summed E-state index contributed by atoms with van der Waals surface area (Å²) in [4.78, 5) is 61.3. The summed E-state index contributed by atoms with van der Waals surface area (Å²) >= 11 is 0. The number of fused-ring (bicyclic) bond motifs is 2. The van der Waals surface area contributed by atoms with E-state index in [9.17, 15) is 38.0 Å². The molecule has 19 nitrogen and oxygen atoms in total. The fraction of sp³-hybridized carbons (Fsp3) is 0.500. The molecular formula is C50H58F2N10O9S. The molecule has 1 aliphatic carbocycles. The highest BCUT2D eigenvalue weighted by molar-refractivity contribution is 7.93. The summed E-state index contributed by atoms with van der Waals surface area (Å²) in [6.07, 6.45) is 6.92. The van der Waals surface area contributed by atoms with Gasteiger partial charge in [-0.3, -0.25) is 38.6 Å². The van der Waals surface area contributed by atoms with Crippen molar-refractivity contribution in [3.8, 4) is 17.6 Å². The van der Waals surface area contributed by atoms with Gasteiger partial charge < -0.3 is 24.4 Å². The lowest BCUT2D eigenvalue weighted by atomic mass is 9.85. The predicted molar refractivity (Wildman–Crippen MR) is 263 cm³/mol. The smallest absolute Gasteiger partial charge is 0.329 e. The number of hydrogen-bond acceptors (Lipinski definition) is 13. The fourth-order valence-electron chi connectivity index (χ4n) is 10.7. The summed E-state index contributed by atoms with van der Waals surface area (Å²) in [5, 5.41) is 28.4. The van der Waals surface area contributed by atoms with E-state index in [0.29, 0.717) is 80.4 Å². The number of hydrogen-bond donors (Lipinski definition) is 3. The van der Waals surface area contributed by atoms with Crippen LogP contribution in [0.3, 0.4) is 0 Å². The number of aliphatic hydroxyl groups is 1. The first-order valence-corrected chi connectivity index (χ1v) is 26.2. The molecule has 3 N–H and O–H groups in total. The molecule has 1 spiro atoms. The number of rotatable bonds is 10. The molecule has 0 bridgehead atoms. The zero-order valence-corrected chi connectivity index (χ0v) is 41.3. The Morgan fingerprint density at radius 1 is 0.972 bits per heavy atom. The third-order valence-electron chi connectivity index (χ3n) is 14.8. The zero-order chi connectivity index (χ0) is 51.1. The number of aromatic nitrogens is 4. The lowest BCUT2D eigenvalue weighted by molar-refractivity contribution is -0.142. The van der Waals surface area contributed by atoms with Crippen molar-refractivity contribution in [2.75, 3.05) is 53.9 Å². The van der Waals surface area contributed by atoms with Gasteiger partial charge in [0.25, 0.3) is 5.56 Å². The van der Waals surface area contributed by atoms with E-state index in [4.69, 9.17) is 9.47 Å². The van der Waals surface area contributed by atoms with Gasteiger partial charge in [-0.1, -0.05) is 33.1 Å². The maximum atomic E-state index is 15.8. The molecule has 10 rings (SSSR count). The van der Waals surface area contributed by atoms with Crippen LogP contribution in [0.15, 0.2) is 53.6 Å². The minimum absolute atomic E-state index is 0.0388. The van der Waals surface area contributed by atoms with Crippen molar-refractivity contribution in [2.24, 2.45) is 7.05 Å². The lowest BCUT2D eigenvalue weighted by Gasteiger charge is -2.42. The average Bonchev–Trinajstić information content (AvgIpc) is 3.92. The van der Waals surface area contributed by atoms with Crippen LogP contribution in [0.2, 0.25) is 0 Å². The Kier molecular flexibility index (Phi) is 14.0. The molecule has 4 saturated heterocycles. The molecule has 0 radical (unpaired) electrons. The number of carbonyl (C=O) groups excluding carboxylic acids is 3. The van der Waals surface area contributed by atoms with Crippen molar-refractivity contribution in [3.05, 3.63) is 76.3 Å². The van der Waals surface area contributed by atoms with Gasteiger partial charge in [-0.15, -0.1) is 0 Å². The van der Waals surface area contributed by atoms with Crippen LogP contribution in [0.25, 0.3) is 21.8 Å². The number of halogens is 2. The van der Waals surface area contributed by atoms with E-state index in [2.05, 4.69) is 20.1 Å². The largest absolute Gasteiger partial charge is 0.453 e. The summed E-state index contributed by atoms with van der Waals surface area (Å²) < 4.78 is 75.2. The van der Waals surface area contributed by atoms with Crippen LogP contribution in [0.4, 0.5) is 30.8 Å². The van der Waals surface area contributed by atoms with E-state index >= 15 is 8.78 Å². The fourth-order valence-corrected chi connectivity index (χ4v) is 12.3. The molecule has 382 valence electrons. The van der Waals surface area contributed by atoms with Gasteiger partial charge in [0, 0.05) is 51.6 Å². The molecule has 0 unspecified atom stereocenters. The Hall–Kier alpha value is -6.70. The summed E-state index contributed by atoms with van der Waals surface area (Å²) in [7, 11) is -2.17. The highest BCUT2D eigenvalue weighted by Crippen LogP contribution is 2.42. The number of sulfonamides is 1. The number of amides is 4. The first-order valence-electron chi connectivity index (χ1n) is 24.6. The van der Waals surface area contributed by atoms with Gasteiger partial charge >= 0.3 is 6.03 Å². The van der Waals surface area contributed by atoms with E-state index in [1.54, 1.807) is 28.8 Å². The molecule has 1 saturated carbocycles. The predicted octanol–water partition coefficient (Wildman–Crippen LogP) is 6.52. The molecule has 3 aromatic carbocycles. The normalized spacial score (nSPS) is 20.3. The number of carbonyl (C=O) groups is 3. The second-order valence-corrected chi connectivity index (χ2v) is 21.2. The van der Waals surface area contributed by atoms with Crippen molar-refractivity contribution >= 4 is 66.9 Å². The van der Waals surface area contributed by atoms with E-state index in [1.165, 1.54) is 40.1 Å². The summed E-state index contributed by atoms with van der Waals surface area (Å²) in [6.45, 7) is 5.71. The van der Waals surface area contributed by atoms with Crippen LogP contribution in [-0.2, 0) is 31.4 Å². The molecule has 5 aromatic rings. The molecule has 1 atom stereocenters. The van der Waals surface area contributed by atoms with Crippen molar-refractivity contribution in [2.45, 2.75) is 113 Å². The highest BCUT2D eigenvalue weighted by Gasteiger charge is 2.45. The highest BCUT2D eigenvalue weighted by atomic mass is 32.2. The van der Waals surface area contributed by atoms with Crippen LogP contribution < -0.4 is 30.1 Å². The third kappa shape index (κ3) is 9.80. The number of nitrogens with zero attached hydrogens (tertiary/aromatic N) is 8. The minimum Gasteiger partial charge on any atom is -0.453 e. The Bertz CT molecular complexity index is 3150. The van der Waals surface area contributed by atoms with E-state index in [-0.39, 0.29) is 90.5 Å². The number of benzene rings is 3. The molecule has 5 aliphatic rings. The number of nitriles is 1. The number of ether oxygens (including phenoxy) is 2. The first kappa shape index (κ1) is 50.2. The Labute approximate surface area is 414 Å². The van der Waals surface area contributed by atoms with Crippen molar-refractivity contribution < 1.29 is 46.2 Å². The van der Waals surface area contributed by atoms with Gasteiger partial charge in [0.1, 0.15) is 23.2 Å². The number of imide groups is 1. The molecule has 22 heteroatoms. The van der Waals surface area contributed by atoms with Crippen LogP contribution in [0.5, 0.6) is 11.5 Å². The van der Waals surface area contributed by atoms with Crippen LogP contribution in [0.1, 0.15) is 103 Å². The number of urea groups is 1.